The molecular formula is C14H22IN5. The van der Waals surface area contributed by atoms with Crippen molar-refractivity contribution in [3.8, 4) is 0 Å². The van der Waals surface area contributed by atoms with Gasteiger partial charge >= 0.3 is 0 Å². The summed E-state index contributed by atoms with van der Waals surface area (Å²) in [6.07, 6.45) is 4.93. The number of hydrogen-bond acceptors (Lipinski definition) is 2. The third-order valence-corrected chi connectivity index (χ3v) is 2.84. The number of guanidine groups is 1. The van der Waals surface area contributed by atoms with Crippen molar-refractivity contribution in [3.63, 3.8) is 0 Å². The SMILES string of the molecule is CN(C)C(=NCCc1cn2ccccc2n1)N(C)C.I. The van der Waals surface area contributed by atoms with Gasteiger partial charge in [-0.25, -0.2) is 4.98 Å². The van der Waals surface area contributed by atoms with Crippen LogP contribution in [0.3, 0.4) is 0 Å². The smallest absolute Gasteiger partial charge is 0.195 e. The Bertz CT molecular complexity index is 531. The van der Waals surface area contributed by atoms with Crippen molar-refractivity contribution in [2.75, 3.05) is 34.7 Å². The fourth-order valence-corrected chi connectivity index (χ4v) is 2.06. The Morgan fingerprint density at radius 1 is 1.20 bits per heavy atom. The number of halogens is 1. The zero-order valence-corrected chi connectivity index (χ0v) is 14.8. The molecule has 0 aliphatic heterocycles. The molecule has 2 aromatic rings. The molecule has 0 aliphatic carbocycles. The molecule has 0 saturated carbocycles. The molecule has 110 valence electrons. The molecule has 0 amide bonds. The Balaban J connectivity index is 0.00000200. The van der Waals surface area contributed by atoms with E-state index in [1.807, 2.05) is 66.8 Å². The Morgan fingerprint density at radius 2 is 1.90 bits per heavy atom. The maximum Gasteiger partial charge on any atom is 0.195 e. The highest BCUT2D eigenvalue weighted by Crippen LogP contribution is 2.05. The molecule has 0 atom stereocenters. The van der Waals surface area contributed by atoms with Crippen molar-refractivity contribution in [1.82, 2.24) is 19.2 Å². The van der Waals surface area contributed by atoms with Gasteiger partial charge in [0.1, 0.15) is 5.65 Å². The van der Waals surface area contributed by atoms with Gasteiger partial charge in [-0.3, -0.25) is 4.99 Å². The van der Waals surface area contributed by atoms with Crippen molar-refractivity contribution >= 4 is 35.6 Å². The summed E-state index contributed by atoms with van der Waals surface area (Å²) in [6.45, 7) is 0.746. The van der Waals surface area contributed by atoms with E-state index in [0.717, 1.165) is 30.3 Å². The van der Waals surface area contributed by atoms with E-state index in [9.17, 15) is 0 Å². The van der Waals surface area contributed by atoms with Crippen LogP contribution < -0.4 is 0 Å². The average Bonchev–Trinajstić information content (AvgIpc) is 2.76. The summed E-state index contributed by atoms with van der Waals surface area (Å²) >= 11 is 0. The van der Waals surface area contributed by atoms with Crippen LogP contribution in [0.1, 0.15) is 5.69 Å². The average molecular weight is 387 g/mol. The minimum atomic E-state index is 0. The van der Waals surface area contributed by atoms with Crippen LogP contribution in [0, 0.1) is 0 Å². The molecule has 0 fully saturated rings. The summed E-state index contributed by atoms with van der Waals surface area (Å²) in [7, 11) is 8.01. The lowest BCUT2D eigenvalue weighted by Crippen LogP contribution is -2.35. The molecule has 6 heteroatoms. The van der Waals surface area contributed by atoms with Crippen LogP contribution in [0.4, 0.5) is 0 Å². The minimum absolute atomic E-state index is 0. The van der Waals surface area contributed by atoms with Crippen LogP contribution in [0.25, 0.3) is 5.65 Å². The highest BCUT2D eigenvalue weighted by Gasteiger charge is 2.04. The monoisotopic (exact) mass is 387 g/mol. The summed E-state index contributed by atoms with van der Waals surface area (Å²) in [5, 5.41) is 0. The third-order valence-electron chi connectivity index (χ3n) is 2.84. The second-order valence-corrected chi connectivity index (χ2v) is 4.92. The van der Waals surface area contributed by atoms with Crippen molar-refractivity contribution in [1.29, 1.82) is 0 Å². The van der Waals surface area contributed by atoms with E-state index in [1.54, 1.807) is 0 Å². The molecule has 0 spiro atoms. The molecule has 0 N–H and O–H groups in total. The van der Waals surface area contributed by atoms with E-state index in [2.05, 4.69) is 16.2 Å². The largest absolute Gasteiger partial charge is 0.349 e. The lowest BCUT2D eigenvalue weighted by Gasteiger charge is -2.22. The summed E-state index contributed by atoms with van der Waals surface area (Å²) in [5.41, 5.74) is 2.06. The Labute approximate surface area is 137 Å². The molecule has 2 aromatic heterocycles. The van der Waals surface area contributed by atoms with Gasteiger partial charge in [0.15, 0.2) is 5.96 Å². The topological polar surface area (TPSA) is 36.1 Å². The maximum atomic E-state index is 4.61. The molecule has 0 aliphatic rings. The lowest BCUT2D eigenvalue weighted by atomic mass is 10.3. The van der Waals surface area contributed by atoms with Crippen LogP contribution in [0.15, 0.2) is 35.6 Å². The first-order valence-corrected chi connectivity index (χ1v) is 6.39. The van der Waals surface area contributed by atoms with Crippen LogP contribution >= 0.6 is 24.0 Å². The van der Waals surface area contributed by atoms with Gasteiger partial charge in [-0.1, -0.05) is 6.07 Å². The van der Waals surface area contributed by atoms with Crippen molar-refractivity contribution in [2.24, 2.45) is 4.99 Å². The number of aromatic nitrogens is 2. The summed E-state index contributed by atoms with van der Waals surface area (Å²) in [4.78, 5) is 13.2. The van der Waals surface area contributed by atoms with E-state index in [0.29, 0.717) is 0 Å². The molecule has 2 rings (SSSR count). The van der Waals surface area contributed by atoms with Gasteiger partial charge in [-0.15, -0.1) is 24.0 Å². The van der Waals surface area contributed by atoms with Crippen LogP contribution in [-0.2, 0) is 6.42 Å². The van der Waals surface area contributed by atoms with E-state index in [-0.39, 0.29) is 24.0 Å². The third kappa shape index (κ3) is 4.09. The number of imidazole rings is 1. The molecule has 0 saturated heterocycles. The number of hydrogen-bond donors (Lipinski definition) is 0. The van der Waals surface area contributed by atoms with Crippen molar-refractivity contribution in [3.05, 3.63) is 36.3 Å². The van der Waals surface area contributed by atoms with E-state index < -0.39 is 0 Å². The first kappa shape index (κ1) is 16.7. The van der Waals surface area contributed by atoms with E-state index >= 15 is 0 Å². The zero-order valence-electron chi connectivity index (χ0n) is 12.4. The highest BCUT2D eigenvalue weighted by molar-refractivity contribution is 14.0. The second-order valence-electron chi connectivity index (χ2n) is 4.92. The maximum absolute atomic E-state index is 4.61. The predicted octanol–water partition coefficient (Wildman–Crippen LogP) is 1.97. The van der Waals surface area contributed by atoms with Gasteiger partial charge in [0, 0.05) is 53.5 Å². The molecule has 0 aromatic carbocycles. The van der Waals surface area contributed by atoms with Crippen LogP contribution in [0.5, 0.6) is 0 Å². The number of fused-ring (bicyclic) bond motifs is 1. The molecule has 2 heterocycles. The predicted molar refractivity (Wildman–Crippen MR) is 94.0 cm³/mol. The van der Waals surface area contributed by atoms with Crippen LogP contribution in [-0.4, -0.2) is 59.9 Å². The summed E-state index contributed by atoms with van der Waals surface area (Å²) in [6, 6.07) is 6.02. The van der Waals surface area contributed by atoms with E-state index in [1.165, 1.54) is 0 Å². The lowest BCUT2D eigenvalue weighted by molar-refractivity contribution is 0.479. The quantitative estimate of drug-likeness (QED) is 0.459. The molecule has 5 nitrogen and oxygen atoms in total. The van der Waals surface area contributed by atoms with Crippen molar-refractivity contribution in [2.45, 2.75) is 6.42 Å². The normalized spacial score (nSPS) is 10.0. The number of aliphatic imine (C=N–C) groups is 1. The standard InChI is InChI=1S/C14H21N5.HI/c1-17(2)14(18(3)4)15-9-8-12-11-19-10-6-5-7-13(19)16-12;/h5-7,10-11H,8-9H2,1-4H3;1H. The first-order valence-electron chi connectivity index (χ1n) is 6.39. The van der Waals surface area contributed by atoms with Gasteiger partial charge in [-0.2, -0.15) is 0 Å². The number of nitrogens with zero attached hydrogens (tertiary/aromatic N) is 5. The minimum Gasteiger partial charge on any atom is -0.349 e. The highest BCUT2D eigenvalue weighted by atomic mass is 127. The fourth-order valence-electron chi connectivity index (χ4n) is 2.06. The summed E-state index contributed by atoms with van der Waals surface area (Å²) in [5.74, 6) is 0.976. The van der Waals surface area contributed by atoms with Gasteiger partial charge in [0.05, 0.1) is 5.69 Å². The Hall–Kier alpha value is -1.31. The molecule has 20 heavy (non-hydrogen) atoms. The van der Waals surface area contributed by atoms with Crippen LogP contribution in [0.2, 0.25) is 0 Å². The van der Waals surface area contributed by atoms with Gasteiger partial charge in [0.2, 0.25) is 0 Å². The van der Waals surface area contributed by atoms with E-state index in [4.69, 9.17) is 0 Å². The molecule has 0 bridgehead atoms. The molecular weight excluding hydrogens is 365 g/mol. The summed E-state index contributed by atoms with van der Waals surface area (Å²) < 4.78 is 2.04. The van der Waals surface area contributed by atoms with Gasteiger partial charge in [0.25, 0.3) is 0 Å². The van der Waals surface area contributed by atoms with Crippen molar-refractivity contribution < 1.29 is 0 Å². The molecule has 0 unspecified atom stereocenters. The second kappa shape index (κ2) is 7.47. The number of pyridine rings is 1. The van der Waals surface area contributed by atoms with Gasteiger partial charge < -0.3 is 14.2 Å². The Morgan fingerprint density at radius 3 is 2.50 bits per heavy atom. The first-order chi connectivity index (χ1) is 9.08. The zero-order chi connectivity index (χ0) is 13.8. The molecule has 0 radical (unpaired) electrons. The Kier molecular flexibility index (Phi) is 6.25. The fraction of sp³-hybridized carbons (Fsp3) is 0.429. The number of rotatable bonds is 3. The van der Waals surface area contributed by atoms with Gasteiger partial charge in [-0.05, 0) is 12.1 Å².